The molecule has 28 heavy (non-hydrogen) atoms. The molecular weight excluding hydrogens is 376 g/mol. The summed E-state index contributed by atoms with van der Waals surface area (Å²) in [5.41, 5.74) is 2.39. The van der Waals surface area contributed by atoms with Crippen molar-refractivity contribution < 1.29 is 14.3 Å². The van der Waals surface area contributed by atoms with Gasteiger partial charge in [0, 0.05) is 28.4 Å². The summed E-state index contributed by atoms with van der Waals surface area (Å²) in [6, 6.07) is 20.8. The van der Waals surface area contributed by atoms with Gasteiger partial charge < -0.3 is 15.4 Å². The Balaban J connectivity index is 1.63. The van der Waals surface area contributed by atoms with E-state index in [1.165, 1.54) is 0 Å². The highest BCUT2D eigenvalue weighted by atomic mass is 35.5. The van der Waals surface area contributed by atoms with Crippen molar-refractivity contribution in [2.24, 2.45) is 0 Å². The number of rotatable bonds is 6. The lowest BCUT2D eigenvalue weighted by atomic mass is 10.1. The molecule has 2 amide bonds. The molecule has 0 unspecified atom stereocenters. The van der Waals surface area contributed by atoms with E-state index in [-0.39, 0.29) is 11.8 Å². The Morgan fingerprint density at radius 3 is 2.18 bits per heavy atom. The molecule has 2 N–H and O–H groups in total. The third-order valence-electron chi connectivity index (χ3n) is 4.10. The van der Waals surface area contributed by atoms with E-state index in [4.69, 9.17) is 16.3 Å². The average Bonchev–Trinajstić information content (AvgIpc) is 2.74. The molecule has 6 heteroatoms. The van der Waals surface area contributed by atoms with Gasteiger partial charge in [-0.05, 0) is 60.2 Å². The van der Waals surface area contributed by atoms with Crippen molar-refractivity contribution in [3.05, 3.63) is 94.5 Å². The lowest BCUT2D eigenvalue weighted by Crippen LogP contribution is -2.23. The highest BCUT2D eigenvalue weighted by molar-refractivity contribution is 6.30. The minimum atomic E-state index is -0.299. The first kappa shape index (κ1) is 19.5. The van der Waals surface area contributed by atoms with E-state index >= 15 is 0 Å². The summed E-state index contributed by atoms with van der Waals surface area (Å²) in [6.45, 7) is 0.379. The molecule has 3 rings (SSSR count). The third-order valence-corrected chi connectivity index (χ3v) is 4.35. The number of nitrogens with one attached hydrogen (secondary N) is 2. The molecule has 0 saturated carbocycles. The number of benzene rings is 3. The summed E-state index contributed by atoms with van der Waals surface area (Å²) in [5, 5.41) is 6.22. The van der Waals surface area contributed by atoms with Crippen LogP contribution in [0.5, 0.6) is 5.75 Å². The zero-order valence-corrected chi connectivity index (χ0v) is 16.0. The summed E-state index contributed by atoms with van der Waals surface area (Å²) in [7, 11) is 1.60. The van der Waals surface area contributed by atoms with Gasteiger partial charge in [-0.2, -0.15) is 0 Å². The fraction of sp³-hybridized carbons (Fsp3) is 0.0909. The zero-order valence-electron chi connectivity index (χ0n) is 15.2. The van der Waals surface area contributed by atoms with Crippen LogP contribution in [-0.4, -0.2) is 18.9 Å². The van der Waals surface area contributed by atoms with Crippen molar-refractivity contribution in [3.63, 3.8) is 0 Å². The van der Waals surface area contributed by atoms with Crippen LogP contribution in [0.15, 0.2) is 72.8 Å². The molecule has 0 atom stereocenters. The van der Waals surface area contributed by atoms with Gasteiger partial charge >= 0.3 is 0 Å². The minimum absolute atomic E-state index is 0.253. The lowest BCUT2D eigenvalue weighted by Gasteiger charge is -2.09. The minimum Gasteiger partial charge on any atom is -0.497 e. The lowest BCUT2D eigenvalue weighted by molar-refractivity contribution is 0.0951. The maximum absolute atomic E-state index is 12.4. The van der Waals surface area contributed by atoms with E-state index in [2.05, 4.69) is 10.6 Å². The molecule has 0 aliphatic heterocycles. The van der Waals surface area contributed by atoms with Crippen molar-refractivity contribution in [1.29, 1.82) is 0 Å². The molecule has 0 aliphatic carbocycles. The van der Waals surface area contributed by atoms with Crippen LogP contribution in [0.4, 0.5) is 5.69 Å². The van der Waals surface area contributed by atoms with E-state index in [0.29, 0.717) is 28.4 Å². The van der Waals surface area contributed by atoms with Crippen molar-refractivity contribution in [2.75, 3.05) is 12.4 Å². The van der Waals surface area contributed by atoms with Crippen molar-refractivity contribution in [3.8, 4) is 5.75 Å². The molecule has 5 nitrogen and oxygen atoms in total. The number of carbonyl (C=O) groups excluding carboxylic acids is 2. The SMILES string of the molecule is COc1ccc(CNC(=O)c2cccc(C(=O)Nc3ccc(Cl)cc3)c2)cc1. The summed E-state index contributed by atoms with van der Waals surface area (Å²) >= 11 is 5.85. The molecule has 0 aromatic heterocycles. The molecule has 3 aromatic carbocycles. The number of amides is 2. The topological polar surface area (TPSA) is 67.4 Å². The van der Waals surface area contributed by atoms with E-state index in [1.54, 1.807) is 55.6 Å². The number of carbonyl (C=O) groups is 2. The molecule has 0 aliphatic rings. The highest BCUT2D eigenvalue weighted by Crippen LogP contribution is 2.15. The highest BCUT2D eigenvalue weighted by Gasteiger charge is 2.11. The number of halogens is 1. The van der Waals surface area contributed by atoms with Crippen LogP contribution in [-0.2, 0) is 6.54 Å². The normalized spacial score (nSPS) is 10.2. The Morgan fingerprint density at radius 2 is 1.54 bits per heavy atom. The van der Waals surface area contributed by atoms with Crippen LogP contribution in [0, 0.1) is 0 Å². The molecule has 0 saturated heterocycles. The van der Waals surface area contributed by atoms with Gasteiger partial charge in [-0.3, -0.25) is 9.59 Å². The van der Waals surface area contributed by atoms with E-state index in [9.17, 15) is 9.59 Å². The second-order valence-corrected chi connectivity index (χ2v) is 6.51. The smallest absolute Gasteiger partial charge is 0.255 e. The average molecular weight is 395 g/mol. The van der Waals surface area contributed by atoms with Gasteiger partial charge in [0.1, 0.15) is 5.75 Å². The Morgan fingerprint density at radius 1 is 0.893 bits per heavy atom. The number of ether oxygens (including phenoxy) is 1. The zero-order chi connectivity index (χ0) is 19.9. The summed E-state index contributed by atoms with van der Waals surface area (Å²) in [4.78, 5) is 24.9. The van der Waals surface area contributed by atoms with Gasteiger partial charge in [-0.1, -0.05) is 29.8 Å². The first-order valence-corrected chi connectivity index (χ1v) is 9.01. The van der Waals surface area contributed by atoms with Gasteiger partial charge in [-0.25, -0.2) is 0 Å². The van der Waals surface area contributed by atoms with Crippen LogP contribution in [0.3, 0.4) is 0 Å². The van der Waals surface area contributed by atoms with E-state index in [0.717, 1.165) is 11.3 Å². The summed E-state index contributed by atoms with van der Waals surface area (Å²) in [6.07, 6.45) is 0. The number of anilines is 1. The fourth-order valence-corrected chi connectivity index (χ4v) is 2.69. The largest absolute Gasteiger partial charge is 0.497 e. The van der Waals surface area contributed by atoms with Crippen LogP contribution < -0.4 is 15.4 Å². The van der Waals surface area contributed by atoms with Crippen LogP contribution >= 0.6 is 11.6 Å². The van der Waals surface area contributed by atoms with Gasteiger partial charge in [0.2, 0.25) is 0 Å². The maximum Gasteiger partial charge on any atom is 0.255 e. The first-order chi connectivity index (χ1) is 13.5. The Labute approximate surface area is 168 Å². The monoisotopic (exact) mass is 394 g/mol. The number of hydrogen-bond donors (Lipinski definition) is 2. The molecule has 0 spiro atoms. The molecule has 0 fully saturated rings. The van der Waals surface area contributed by atoms with Crippen molar-refractivity contribution in [2.45, 2.75) is 6.54 Å². The van der Waals surface area contributed by atoms with Gasteiger partial charge in [-0.15, -0.1) is 0 Å². The molecule has 0 radical (unpaired) electrons. The quantitative estimate of drug-likeness (QED) is 0.645. The van der Waals surface area contributed by atoms with Crippen molar-refractivity contribution in [1.82, 2.24) is 5.32 Å². The van der Waals surface area contributed by atoms with E-state index < -0.39 is 0 Å². The van der Waals surface area contributed by atoms with Gasteiger partial charge in [0.15, 0.2) is 0 Å². The Kier molecular flexibility index (Phi) is 6.29. The molecule has 142 valence electrons. The summed E-state index contributed by atoms with van der Waals surface area (Å²) < 4.78 is 5.12. The standard InChI is InChI=1S/C22H19ClN2O3/c1-28-20-11-5-15(6-12-20)14-24-21(26)16-3-2-4-17(13-16)22(27)25-19-9-7-18(23)8-10-19/h2-13H,14H2,1H3,(H,24,26)(H,25,27). The second-order valence-electron chi connectivity index (χ2n) is 6.07. The van der Waals surface area contributed by atoms with Gasteiger partial charge in [0.25, 0.3) is 11.8 Å². The maximum atomic E-state index is 12.4. The number of methoxy groups -OCH3 is 1. The predicted octanol–water partition coefficient (Wildman–Crippen LogP) is 4.53. The molecule has 0 heterocycles. The molecular formula is C22H19ClN2O3. The number of hydrogen-bond acceptors (Lipinski definition) is 3. The van der Waals surface area contributed by atoms with E-state index in [1.807, 2.05) is 24.3 Å². The van der Waals surface area contributed by atoms with Crippen LogP contribution in [0.25, 0.3) is 0 Å². The van der Waals surface area contributed by atoms with Crippen LogP contribution in [0.2, 0.25) is 5.02 Å². The summed E-state index contributed by atoms with van der Waals surface area (Å²) in [5.74, 6) is 0.207. The van der Waals surface area contributed by atoms with Crippen molar-refractivity contribution >= 4 is 29.1 Å². The first-order valence-electron chi connectivity index (χ1n) is 8.63. The Bertz CT molecular complexity index is 970. The third kappa shape index (κ3) is 5.11. The fourth-order valence-electron chi connectivity index (χ4n) is 2.57. The molecule has 3 aromatic rings. The van der Waals surface area contributed by atoms with Crippen LogP contribution in [0.1, 0.15) is 26.3 Å². The van der Waals surface area contributed by atoms with Gasteiger partial charge in [0.05, 0.1) is 7.11 Å². The molecule has 0 bridgehead atoms. The Hall–Kier alpha value is -3.31. The predicted molar refractivity (Wildman–Crippen MR) is 110 cm³/mol. The second kappa shape index (κ2) is 9.06.